The predicted octanol–water partition coefficient (Wildman–Crippen LogP) is 2.90. The number of rotatable bonds is 8. The molecule has 0 fully saturated rings. The minimum atomic E-state index is -0.0558. The number of carbonyl (C=O) groups excluding carboxylic acids is 2. The largest absolute Gasteiger partial charge is 0.376 e. The molecule has 0 aliphatic carbocycles. The van der Waals surface area contributed by atoms with E-state index in [1.54, 1.807) is 24.1 Å². The van der Waals surface area contributed by atoms with E-state index in [0.717, 1.165) is 17.7 Å². The second kappa shape index (κ2) is 9.47. The van der Waals surface area contributed by atoms with E-state index in [0.29, 0.717) is 18.7 Å². The first-order valence-corrected chi connectivity index (χ1v) is 8.50. The molecule has 132 valence electrons. The number of nitrogens with zero attached hydrogens (tertiary/aromatic N) is 1. The van der Waals surface area contributed by atoms with Crippen LogP contribution in [0.15, 0.2) is 54.6 Å². The van der Waals surface area contributed by atoms with Crippen molar-refractivity contribution in [1.29, 1.82) is 0 Å². The molecule has 0 unspecified atom stereocenters. The van der Waals surface area contributed by atoms with Gasteiger partial charge in [-0.2, -0.15) is 0 Å². The summed E-state index contributed by atoms with van der Waals surface area (Å²) in [6.07, 6.45) is 0.906. The van der Waals surface area contributed by atoms with Gasteiger partial charge in [-0.3, -0.25) is 9.59 Å². The van der Waals surface area contributed by atoms with Crippen molar-refractivity contribution in [2.45, 2.75) is 19.9 Å². The monoisotopic (exact) mass is 339 g/mol. The summed E-state index contributed by atoms with van der Waals surface area (Å²) < 4.78 is 0. The Morgan fingerprint density at radius 3 is 2.52 bits per heavy atom. The maximum atomic E-state index is 12.6. The Morgan fingerprint density at radius 1 is 1.04 bits per heavy atom. The van der Waals surface area contributed by atoms with Crippen LogP contribution >= 0.6 is 0 Å². The Hall–Kier alpha value is -2.82. The zero-order chi connectivity index (χ0) is 18.1. The lowest BCUT2D eigenvalue weighted by molar-refractivity contribution is -0.119. The van der Waals surface area contributed by atoms with Crippen molar-refractivity contribution >= 4 is 17.5 Å². The van der Waals surface area contributed by atoms with Crippen LogP contribution in [0.4, 0.5) is 5.69 Å². The number of hydrogen-bond donors (Lipinski definition) is 2. The van der Waals surface area contributed by atoms with Gasteiger partial charge < -0.3 is 15.5 Å². The van der Waals surface area contributed by atoms with Gasteiger partial charge in [0.05, 0.1) is 6.54 Å². The molecule has 0 heterocycles. The molecular formula is C20H25N3O2. The minimum absolute atomic E-state index is 0.0528. The summed E-state index contributed by atoms with van der Waals surface area (Å²) in [5.74, 6) is -0.109. The molecule has 0 atom stereocenters. The Labute approximate surface area is 149 Å². The third kappa shape index (κ3) is 5.95. The zero-order valence-electron chi connectivity index (χ0n) is 14.8. The lowest BCUT2D eigenvalue weighted by Crippen LogP contribution is -2.30. The van der Waals surface area contributed by atoms with Crippen LogP contribution in [-0.4, -0.2) is 36.9 Å². The maximum absolute atomic E-state index is 12.6. The first-order valence-electron chi connectivity index (χ1n) is 8.50. The van der Waals surface area contributed by atoms with Crippen LogP contribution < -0.4 is 10.6 Å². The molecule has 25 heavy (non-hydrogen) atoms. The van der Waals surface area contributed by atoms with Gasteiger partial charge in [0.2, 0.25) is 5.91 Å². The third-order valence-electron chi connectivity index (χ3n) is 3.74. The highest BCUT2D eigenvalue weighted by Crippen LogP contribution is 2.13. The average Bonchev–Trinajstić information content (AvgIpc) is 2.65. The fraction of sp³-hybridized carbons (Fsp3) is 0.300. The van der Waals surface area contributed by atoms with E-state index in [-0.39, 0.29) is 18.4 Å². The van der Waals surface area contributed by atoms with E-state index in [4.69, 9.17) is 0 Å². The Morgan fingerprint density at radius 2 is 1.80 bits per heavy atom. The van der Waals surface area contributed by atoms with Gasteiger partial charge in [0, 0.05) is 31.4 Å². The van der Waals surface area contributed by atoms with Crippen LogP contribution in [0.25, 0.3) is 0 Å². The number of anilines is 1. The van der Waals surface area contributed by atoms with Crippen LogP contribution in [0.1, 0.15) is 29.3 Å². The summed E-state index contributed by atoms with van der Waals surface area (Å²) in [4.78, 5) is 25.9. The van der Waals surface area contributed by atoms with Crippen molar-refractivity contribution in [2.75, 3.05) is 25.5 Å². The number of hydrogen-bond acceptors (Lipinski definition) is 3. The maximum Gasteiger partial charge on any atom is 0.253 e. The second-order valence-corrected chi connectivity index (χ2v) is 5.93. The molecule has 0 aliphatic heterocycles. The molecule has 0 saturated heterocycles. The minimum Gasteiger partial charge on any atom is -0.376 e. The van der Waals surface area contributed by atoms with Gasteiger partial charge >= 0.3 is 0 Å². The summed E-state index contributed by atoms with van der Waals surface area (Å²) in [6.45, 7) is 3.42. The first kappa shape index (κ1) is 18.5. The second-order valence-electron chi connectivity index (χ2n) is 5.93. The number of amides is 2. The van der Waals surface area contributed by atoms with E-state index in [1.165, 1.54) is 0 Å². The molecule has 0 radical (unpaired) electrons. The Balaban J connectivity index is 1.95. The molecule has 0 aliphatic rings. The Bertz CT molecular complexity index is 701. The van der Waals surface area contributed by atoms with E-state index < -0.39 is 0 Å². The van der Waals surface area contributed by atoms with Crippen LogP contribution in [0.5, 0.6) is 0 Å². The highest BCUT2D eigenvalue weighted by Gasteiger charge is 2.12. The molecule has 2 N–H and O–H groups in total. The fourth-order valence-corrected chi connectivity index (χ4v) is 2.42. The lowest BCUT2D eigenvalue weighted by Gasteiger charge is -2.18. The van der Waals surface area contributed by atoms with Crippen molar-refractivity contribution in [3.8, 4) is 0 Å². The molecule has 2 aromatic carbocycles. The van der Waals surface area contributed by atoms with Gasteiger partial charge in [-0.25, -0.2) is 0 Å². The Kier molecular flexibility index (Phi) is 7.01. The topological polar surface area (TPSA) is 61.4 Å². The quantitative estimate of drug-likeness (QED) is 0.777. The van der Waals surface area contributed by atoms with Gasteiger partial charge in [-0.15, -0.1) is 0 Å². The predicted molar refractivity (Wildman–Crippen MR) is 100 cm³/mol. The van der Waals surface area contributed by atoms with E-state index in [1.807, 2.05) is 49.4 Å². The van der Waals surface area contributed by atoms with Gasteiger partial charge in [-0.05, 0) is 30.2 Å². The summed E-state index contributed by atoms with van der Waals surface area (Å²) >= 11 is 0. The molecule has 0 saturated carbocycles. The smallest absolute Gasteiger partial charge is 0.253 e. The summed E-state index contributed by atoms with van der Waals surface area (Å²) in [6, 6.07) is 17.1. The standard InChI is InChI=1S/C20H25N3O2/c1-3-12-21-19(24)14-22-18-11-7-10-17(13-18)20(25)23(2)15-16-8-5-4-6-9-16/h4-11,13,22H,3,12,14-15H2,1-2H3,(H,21,24). The van der Waals surface area contributed by atoms with Gasteiger partial charge in [0.15, 0.2) is 0 Å². The van der Waals surface area contributed by atoms with E-state index >= 15 is 0 Å². The molecule has 2 amide bonds. The van der Waals surface area contributed by atoms with Crippen molar-refractivity contribution in [3.05, 3.63) is 65.7 Å². The number of nitrogens with one attached hydrogen (secondary N) is 2. The normalized spacial score (nSPS) is 10.2. The van der Waals surface area contributed by atoms with Crippen molar-refractivity contribution in [3.63, 3.8) is 0 Å². The molecule has 2 aromatic rings. The van der Waals surface area contributed by atoms with E-state index in [9.17, 15) is 9.59 Å². The van der Waals surface area contributed by atoms with E-state index in [2.05, 4.69) is 10.6 Å². The van der Waals surface area contributed by atoms with Gasteiger partial charge in [0.25, 0.3) is 5.91 Å². The molecule has 2 rings (SSSR count). The summed E-state index contributed by atoms with van der Waals surface area (Å²) in [5, 5.41) is 5.86. The molecule has 5 heteroatoms. The van der Waals surface area contributed by atoms with Crippen molar-refractivity contribution in [2.24, 2.45) is 0 Å². The molecule has 0 bridgehead atoms. The summed E-state index contributed by atoms with van der Waals surface area (Å²) in [5.41, 5.74) is 2.43. The average molecular weight is 339 g/mol. The highest BCUT2D eigenvalue weighted by molar-refractivity contribution is 5.95. The molecule has 0 aromatic heterocycles. The number of carbonyl (C=O) groups is 2. The van der Waals surface area contributed by atoms with Crippen LogP contribution in [0, 0.1) is 0 Å². The van der Waals surface area contributed by atoms with Gasteiger partial charge in [0.1, 0.15) is 0 Å². The SMILES string of the molecule is CCCNC(=O)CNc1cccc(C(=O)N(C)Cc2ccccc2)c1. The van der Waals surface area contributed by atoms with Crippen molar-refractivity contribution in [1.82, 2.24) is 10.2 Å². The highest BCUT2D eigenvalue weighted by atomic mass is 16.2. The van der Waals surface area contributed by atoms with Gasteiger partial charge in [-0.1, -0.05) is 43.3 Å². The zero-order valence-corrected chi connectivity index (χ0v) is 14.8. The number of benzene rings is 2. The summed E-state index contributed by atoms with van der Waals surface area (Å²) in [7, 11) is 1.79. The lowest BCUT2D eigenvalue weighted by atomic mass is 10.1. The van der Waals surface area contributed by atoms with Crippen LogP contribution in [0.3, 0.4) is 0 Å². The molecule has 0 spiro atoms. The van der Waals surface area contributed by atoms with Crippen LogP contribution in [0.2, 0.25) is 0 Å². The third-order valence-corrected chi connectivity index (χ3v) is 3.74. The van der Waals surface area contributed by atoms with Crippen LogP contribution in [-0.2, 0) is 11.3 Å². The molecule has 5 nitrogen and oxygen atoms in total. The molecular weight excluding hydrogens is 314 g/mol. The van der Waals surface area contributed by atoms with Crippen molar-refractivity contribution < 1.29 is 9.59 Å². The fourth-order valence-electron chi connectivity index (χ4n) is 2.42. The first-order chi connectivity index (χ1) is 12.1.